The van der Waals surface area contributed by atoms with E-state index in [1.165, 1.54) is 29.9 Å². The standard InChI is InChI=1S/C13H13F3N4O/c1-7-10(17)11(20(2)19-7)12(21)18-9-6-4-3-5-8(9)13(14,15)16/h3-6H,17H2,1-2H3,(H,18,21). The molecule has 0 saturated heterocycles. The first kappa shape index (κ1) is 14.9. The summed E-state index contributed by atoms with van der Waals surface area (Å²) in [5.41, 5.74) is 5.06. The molecule has 0 aliphatic carbocycles. The molecule has 0 radical (unpaired) electrons. The highest BCUT2D eigenvalue weighted by atomic mass is 19.4. The smallest absolute Gasteiger partial charge is 0.395 e. The zero-order chi connectivity index (χ0) is 15.8. The van der Waals surface area contributed by atoms with Crippen LogP contribution < -0.4 is 11.1 Å². The monoisotopic (exact) mass is 298 g/mol. The zero-order valence-corrected chi connectivity index (χ0v) is 11.3. The van der Waals surface area contributed by atoms with E-state index in [0.717, 1.165) is 6.07 Å². The summed E-state index contributed by atoms with van der Waals surface area (Å²) >= 11 is 0. The molecule has 0 spiro atoms. The molecule has 5 nitrogen and oxygen atoms in total. The lowest BCUT2D eigenvalue weighted by Gasteiger charge is -2.13. The van der Waals surface area contributed by atoms with Crippen molar-refractivity contribution in [3.8, 4) is 0 Å². The first-order chi connectivity index (χ1) is 9.71. The topological polar surface area (TPSA) is 72.9 Å². The van der Waals surface area contributed by atoms with Gasteiger partial charge < -0.3 is 11.1 Å². The fourth-order valence-electron chi connectivity index (χ4n) is 1.96. The maximum absolute atomic E-state index is 12.9. The van der Waals surface area contributed by atoms with Crippen LogP contribution in [0, 0.1) is 6.92 Å². The molecule has 0 atom stereocenters. The number of carbonyl (C=O) groups is 1. The quantitative estimate of drug-likeness (QED) is 0.895. The number of carbonyl (C=O) groups excluding carboxylic acids is 1. The largest absolute Gasteiger partial charge is 0.418 e. The van der Waals surface area contributed by atoms with E-state index < -0.39 is 17.6 Å². The van der Waals surface area contributed by atoms with Crippen LogP contribution in [0.4, 0.5) is 24.5 Å². The molecular weight excluding hydrogens is 285 g/mol. The molecule has 112 valence electrons. The van der Waals surface area contributed by atoms with Crippen LogP contribution in [-0.4, -0.2) is 15.7 Å². The van der Waals surface area contributed by atoms with Gasteiger partial charge in [-0.15, -0.1) is 0 Å². The number of halogens is 3. The van der Waals surface area contributed by atoms with E-state index in [-0.39, 0.29) is 17.1 Å². The lowest BCUT2D eigenvalue weighted by molar-refractivity contribution is -0.136. The predicted octanol–water partition coefficient (Wildman–Crippen LogP) is 2.58. The summed E-state index contributed by atoms with van der Waals surface area (Å²) in [4.78, 5) is 12.1. The third kappa shape index (κ3) is 2.83. The number of hydrogen-bond donors (Lipinski definition) is 2. The van der Waals surface area contributed by atoms with Crippen LogP contribution in [0.25, 0.3) is 0 Å². The van der Waals surface area contributed by atoms with Crippen molar-refractivity contribution < 1.29 is 18.0 Å². The van der Waals surface area contributed by atoms with Crippen molar-refractivity contribution in [1.29, 1.82) is 0 Å². The fourth-order valence-corrected chi connectivity index (χ4v) is 1.96. The van der Waals surface area contributed by atoms with E-state index in [4.69, 9.17) is 5.73 Å². The maximum atomic E-state index is 12.9. The average Bonchev–Trinajstić information content (AvgIpc) is 2.62. The summed E-state index contributed by atoms with van der Waals surface area (Å²) in [5, 5.41) is 6.18. The first-order valence-corrected chi connectivity index (χ1v) is 5.98. The Balaban J connectivity index is 2.37. The summed E-state index contributed by atoms with van der Waals surface area (Å²) in [6.07, 6.45) is -4.56. The van der Waals surface area contributed by atoms with E-state index >= 15 is 0 Å². The van der Waals surface area contributed by atoms with E-state index in [9.17, 15) is 18.0 Å². The van der Waals surface area contributed by atoms with E-state index in [1.54, 1.807) is 6.92 Å². The van der Waals surface area contributed by atoms with Crippen molar-refractivity contribution in [2.75, 3.05) is 11.1 Å². The van der Waals surface area contributed by atoms with Gasteiger partial charge in [0.25, 0.3) is 5.91 Å². The molecule has 0 aliphatic rings. The van der Waals surface area contributed by atoms with Crippen LogP contribution in [0.5, 0.6) is 0 Å². The van der Waals surface area contributed by atoms with Gasteiger partial charge in [-0.25, -0.2) is 0 Å². The predicted molar refractivity (Wildman–Crippen MR) is 71.8 cm³/mol. The number of aryl methyl sites for hydroxylation is 2. The van der Waals surface area contributed by atoms with Crippen molar-refractivity contribution in [2.24, 2.45) is 7.05 Å². The fraction of sp³-hybridized carbons (Fsp3) is 0.231. The van der Waals surface area contributed by atoms with Crippen molar-refractivity contribution in [2.45, 2.75) is 13.1 Å². The Hall–Kier alpha value is -2.51. The first-order valence-electron chi connectivity index (χ1n) is 5.98. The second-order valence-corrected chi connectivity index (χ2v) is 4.47. The molecule has 2 aromatic rings. The van der Waals surface area contributed by atoms with Crippen molar-refractivity contribution in [3.63, 3.8) is 0 Å². The van der Waals surface area contributed by atoms with Crippen LogP contribution in [0.3, 0.4) is 0 Å². The number of benzene rings is 1. The van der Waals surface area contributed by atoms with Gasteiger partial charge in [-0.1, -0.05) is 12.1 Å². The number of amides is 1. The number of aromatic nitrogens is 2. The van der Waals surface area contributed by atoms with Crippen molar-refractivity contribution in [3.05, 3.63) is 41.2 Å². The molecule has 1 aromatic carbocycles. The summed E-state index contributed by atoms with van der Waals surface area (Å²) < 4.78 is 39.8. The number of anilines is 2. The minimum Gasteiger partial charge on any atom is -0.395 e. The Morgan fingerprint density at radius 1 is 1.33 bits per heavy atom. The minimum atomic E-state index is -4.56. The molecule has 1 heterocycles. The molecule has 0 fully saturated rings. The second kappa shape index (κ2) is 5.12. The van der Waals surface area contributed by atoms with Crippen molar-refractivity contribution >= 4 is 17.3 Å². The van der Waals surface area contributed by atoms with Crippen LogP contribution in [-0.2, 0) is 13.2 Å². The van der Waals surface area contributed by atoms with Gasteiger partial charge in [0.1, 0.15) is 5.69 Å². The number of nitrogens with one attached hydrogen (secondary N) is 1. The average molecular weight is 298 g/mol. The number of nitrogens with two attached hydrogens (primary N) is 1. The Bertz CT molecular complexity index is 691. The molecule has 2 rings (SSSR count). The number of rotatable bonds is 2. The van der Waals surface area contributed by atoms with Gasteiger partial charge in [-0.3, -0.25) is 9.48 Å². The molecular formula is C13H13F3N4O. The molecule has 1 aromatic heterocycles. The second-order valence-electron chi connectivity index (χ2n) is 4.47. The van der Waals surface area contributed by atoms with Gasteiger partial charge >= 0.3 is 6.18 Å². The molecule has 8 heteroatoms. The number of alkyl halides is 3. The minimum absolute atomic E-state index is 0.0180. The Labute approximate surface area is 118 Å². The van der Waals surface area contributed by atoms with Gasteiger partial charge in [0.05, 0.1) is 22.6 Å². The van der Waals surface area contributed by atoms with Gasteiger partial charge in [0, 0.05) is 7.05 Å². The SMILES string of the molecule is Cc1nn(C)c(C(=O)Nc2ccccc2C(F)(F)F)c1N. The molecule has 3 N–H and O–H groups in total. The third-order valence-electron chi connectivity index (χ3n) is 2.96. The molecule has 0 bridgehead atoms. The van der Waals surface area contributed by atoms with Crippen LogP contribution in [0.1, 0.15) is 21.7 Å². The number of hydrogen-bond acceptors (Lipinski definition) is 3. The zero-order valence-electron chi connectivity index (χ0n) is 11.3. The Morgan fingerprint density at radius 3 is 2.48 bits per heavy atom. The third-order valence-corrected chi connectivity index (χ3v) is 2.96. The maximum Gasteiger partial charge on any atom is 0.418 e. The van der Waals surface area contributed by atoms with Crippen molar-refractivity contribution in [1.82, 2.24) is 9.78 Å². The highest BCUT2D eigenvalue weighted by Gasteiger charge is 2.34. The Morgan fingerprint density at radius 2 is 1.95 bits per heavy atom. The van der Waals surface area contributed by atoms with E-state index in [0.29, 0.717) is 5.69 Å². The van der Waals surface area contributed by atoms with Crippen LogP contribution >= 0.6 is 0 Å². The summed E-state index contributed by atoms with van der Waals surface area (Å²) in [5.74, 6) is -0.743. The van der Waals surface area contributed by atoms with E-state index in [2.05, 4.69) is 10.4 Å². The normalized spacial score (nSPS) is 11.5. The number of para-hydroxylation sites is 1. The van der Waals surface area contributed by atoms with Crippen LogP contribution in [0.15, 0.2) is 24.3 Å². The van der Waals surface area contributed by atoms with Gasteiger partial charge in [0.15, 0.2) is 0 Å². The van der Waals surface area contributed by atoms with Crippen LogP contribution in [0.2, 0.25) is 0 Å². The highest BCUT2D eigenvalue weighted by molar-refractivity contribution is 6.07. The molecule has 0 unspecified atom stereocenters. The van der Waals surface area contributed by atoms with Gasteiger partial charge in [0.2, 0.25) is 0 Å². The molecule has 0 saturated carbocycles. The van der Waals surface area contributed by atoms with E-state index in [1.807, 2.05) is 0 Å². The number of nitrogens with zero attached hydrogens (tertiary/aromatic N) is 2. The summed E-state index contributed by atoms with van der Waals surface area (Å²) in [6, 6.07) is 4.73. The lowest BCUT2D eigenvalue weighted by Crippen LogP contribution is -2.20. The molecule has 1 amide bonds. The molecule has 21 heavy (non-hydrogen) atoms. The Kier molecular flexibility index (Phi) is 3.63. The molecule has 0 aliphatic heterocycles. The lowest BCUT2D eigenvalue weighted by atomic mass is 10.1. The highest BCUT2D eigenvalue weighted by Crippen LogP contribution is 2.34. The van der Waals surface area contributed by atoms with Gasteiger partial charge in [-0.2, -0.15) is 18.3 Å². The van der Waals surface area contributed by atoms with Gasteiger partial charge in [-0.05, 0) is 19.1 Å². The summed E-state index contributed by atoms with van der Waals surface area (Å²) in [7, 11) is 1.49. The number of nitrogen functional groups attached to an aromatic ring is 1. The summed E-state index contributed by atoms with van der Waals surface area (Å²) in [6.45, 7) is 1.61.